The van der Waals surface area contributed by atoms with Crippen LogP contribution in [0.25, 0.3) is 10.9 Å². The quantitative estimate of drug-likeness (QED) is 0.178. The predicted molar refractivity (Wildman–Crippen MR) is 194 cm³/mol. The van der Waals surface area contributed by atoms with Crippen molar-refractivity contribution >= 4 is 40.3 Å². The first kappa shape index (κ1) is 33.3. The summed E-state index contributed by atoms with van der Waals surface area (Å²) in [6, 6.07) is 17.7. The molecule has 3 unspecified atom stereocenters. The minimum absolute atomic E-state index is 0.0531. The van der Waals surface area contributed by atoms with E-state index in [0.29, 0.717) is 41.9 Å². The average molecular weight is 688 g/mol. The summed E-state index contributed by atoms with van der Waals surface area (Å²) in [5, 5.41) is 10.2. The number of likely N-dealkylation sites (tertiary alicyclic amines) is 1. The highest BCUT2D eigenvalue weighted by molar-refractivity contribution is 6.06. The Bertz CT molecular complexity index is 2020. The topological polar surface area (TPSA) is 140 Å². The van der Waals surface area contributed by atoms with E-state index in [2.05, 4.69) is 63.0 Å². The Morgan fingerprint density at radius 3 is 2.71 bits per heavy atom. The second-order valence-corrected chi connectivity index (χ2v) is 14.7. The number of fused-ring (bicyclic) bond motifs is 2. The monoisotopic (exact) mass is 687 g/mol. The lowest BCUT2D eigenvalue weighted by Gasteiger charge is -2.36. The van der Waals surface area contributed by atoms with Crippen molar-refractivity contribution in [3.8, 4) is 0 Å². The van der Waals surface area contributed by atoms with E-state index in [1.807, 2.05) is 42.6 Å². The number of carbonyl (C=O) groups excluding carboxylic acids is 4. The molecule has 8 rings (SSSR count). The minimum Gasteiger partial charge on any atom is -0.357 e. The van der Waals surface area contributed by atoms with Gasteiger partial charge in [-0.1, -0.05) is 31.2 Å². The molecule has 5 atom stereocenters. The third kappa shape index (κ3) is 6.33. The molecule has 0 bridgehead atoms. The first-order chi connectivity index (χ1) is 24.8. The first-order valence-corrected chi connectivity index (χ1v) is 18.4. The predicted octanol–water partition coefficient (Wildman–Crippen LogP) is 5.58. The zero-order chi connectivity index (χ0) is 35.2. The van der Waals surface area contributed by atoms with Crippen molar-refractivity contribution in [3.05, 3.63) is 94.3 Å². The Balaban J connectivity index is 0.967. The zero-order valence-corrected chi connectivity index (χ0v) is 29.2. The van der Waals surface area contributed by atoms with E-state index in [-0.39, 0.29) is 36.1 Å². The number of hydrogen-bond donors (Lipinski definition) is 4. The summed E-state index contributed by atoms with van der Waals surface area (Å²) in [4.78, 5) is 63.5. The van der Waals surface area contributed by atoms with Crippen LogP contribution in [0, 0.1) is 5.92 Å². The summed E-state index contributed by atoms with van der Waals surface area (Å²) in [6.45, 7) is 4.50. The maximum atomic E-state index is 13.5. The lowest BCUT2D eigenvalue weighted by molar-refractivity contribution is -0.136. The molecule has 4 aromatic rings. The van der Waals surface area contributed by atoms with E-state index in [1.54, 1.807) is 4.90 Å². The van der Waals surface area contributed by atoms with Crippen molar-refractivity contribution in [1.82, 2.24) is 30.4 Å². The van der Waals surface area contributed by atoms with Crippen LogP contribution >= 0.6 is 0 Å². The van der Waals surface area contributed by atoms with Crippen LogP contribution in [0.1, 0.15) is 113 Å². The van der Waals surface area contributed by atoms with Gasteiger partial charge >= 0.3 is 0 Å². The smallest absolute Gasteiger partial charge is 0.256 e. The maximum Gasteiger partial charge on any atom is 0.256 e. The normalized spacial score (nSPS) is 24.5. The van der Waals surface area contributed by atoms with E-state index in [9.17, 15) is 19.2 Å². The lowest BCUT2D eigenvalue weighted by Crippen LogP contribution is -2.52. The van der Waals surface area contributed by atoms with Gasteiger partial charge in [-0.3, -0.25) is 29.4 Å². The van der Waals surface area contributed by atoms with Crippen LogP contribution in [-0.2, 0) is 16.1 Å². The third-order valence-corrected chi connectivity index (χ3v) is 11.7. The van der Waals surface area contributed by atoms with Gasteiger partial charge in [0, 0.05) is 59.5 Å². The number of aromatic amines is 1. The van der Waals surface area contributed by atoms with Gasteiger partial charge in [-0.15, -0.1) is 0 Å². The van der Waals surface area contributed by atoms with Crippen molar-refractivity contribution in [2.45, 2.75) is 82.5 Å². The summed E-state index contributed by atoms with van der Waals surface area (Å²) in [6.07, 6.45) is 7.54. The van der Waals surface area contributed by atoms with Gasteiger partial charge in [0.1, 0.15) is 11.9 Å². The maximum absolute atomic E-state index is 13.5. The molecule has 0 saturated carbocycles. The van der Waals surface area contributed by atoms with Crippen molar-refractivity contribution in [1.29, 1.82) is 0 Å². The molecule has 3 fully saturated rings. The third-order valence-electron chi connectivity index (χ3n) is 11.7. The van der Waals surface area contributed by atoms with Crippen LogP contribution in [0.3, 0.4) is 0 Å². The van der Waals surface area contributed by atoms with Gasteiger partial charge in [0.15, 0.2) is 0 Å². The highest BCUT2D eigenvalue weighted by Gasteiger charge is 2.41. The van der Waals surface area contributed by atoms with Crippen LogP contribution in [0.15, 0.2) is 60.8 Å². The molecule has 51 heavy (non-hydrogen) atoms. The molecule has 0 radical (unpaired) electrons. The summed E-state index contributed by atoms with van der Waals surface area (Å²) in [5.41, 5.74) is 6.60. The Morgan fingerprint density at radius 1 is 1.04 bits per heavy atom. The molecule has 4 aliphatic rings. The van der Waals surface area contributed by atoms with Gasteiger partial charge in [-0.2, -0.15) is 0 Å². The van der Waals surface area contributed by atoms with Gasteiger partial charge < -0.3 is 20.5 Å². The molecule has 2 aromatic heterocycles. The van der Waals surface area contributed by atoms with Gasteiger partial charge in [0.25, 0.3) is 11.8 Å². The molecule has 6 heterocycles. The van der Waals surface area contributed by atoms with Gasteiger partial charge in [0.05, 0.1) is 5.52 Å². The van der Waals surface area contributed by atoms with Crippen LogP contribution in [0.4, 0.5) is 5.82 Å². The first-order valence-electron chi connectivity index (χ1n) is 18.4. The molecule has 4 amide bonds. The molecule has 0 spiro atoms. The summed E-state index contributed by atoms with van der Waals surface area (Å²) in [5.74, 6) is 0.108. The van der Waals surface area contributed by atoms with Crippen molar-refractivity contribution in [2.24, 2.45) is 5.92 Å². The highest BCUT2D eigenvalue weighted by Crippen LogP contribution is 2.42. The summed E-state index contributed by atoms with van der Waals surface area (Å²) >= 11 is 0. The number of benzene rings is 2. The number of rotatable bonds is 8. The fraction of sp³-hybridized carbons (Fsp3) is 0.425. The van der Waals surface area contributed by atoms with Gasteiger partial charge in [0.2, 0.25) is 11.8 Å². The molecule has 3 saturated heterocycles. The largest absolute Gasteiger partial charge is 0.357 e. The number of pyridine rings is 1. The molecule has 0 aliphatic carbocycles. The van der Waals surface area contributed by atoms with E-state index < -0.39 is 11.9 Å². The van der Waals surface area contributed by atoms with Crippen LogP contribution in [0.5, 0.6) is 0 Å². The van der Waals surface area contributed by atoms with E-state index >= 15 is 0 Å². The number of imide groups is 1. The number of aromatic nitrogens is 2. The fourth-order valence-corrected chi connectivity index (χ4v) is 9.02. The van der Waals surface area contributed by atoms with Crippen molar-refractivity contribution in [3.63, 3.8) is 0 Å². The Labute approximate surface area is 297 Å². The summed E-state index contributed by atoms with van der Waals surface area (Å²) in [7, 11) is 2.16. The van der Waals surface area contributed by atoms with Crippen LogP contribution < -0.4 is 16.0 Å². The number of H-pyrrole nitrogens is 1. The minimum atomic E-state index is -0.639. The molecule has 2 aromatic carbocycles. The Kier molecular flexibility index (Phi) is 8.93. The number of amides is 4. The molecular weight excluding hydrogens is 642 g/mol. The molecule has 11 heteroatoms. The molecule has 264 valence electrons. The number of piperidine rings is 2. The summed E-state index contributed by atoms with van der Waals surface area (Å²) < 4.78 is 0. The van der Waals surface area contributed by atoms with Crippen LogP contribution in [0.2, 0.25) is 0 Å². The number of anilines is 1. The number of hydrogen-bond acceptors (Lipinski definition) is 7. The standard InChI is InChI=1S/C40H45N7O4/c1-3-27(23-7-4-8-25(17-23)38(49)44-36-20-31-26(21-42-36)19-33(43-31)34-11-6-16-46(34)2)24-14-15-41-32(18-24)28-9-5-10-29-30(28)22-47(40(29)51)35-12-13-37(48)45-39(35)50/h4-5,7-10,17,19-21,24,27,32,34-35,41,43H,3,6,11-16,18,22H2,1-2H3,(H,42,44,49)(H,45,48,50)/t24?,27?,32?,34-,35+/m1/s1. The van der Waals surface area contributed by atoms with Crippen molar-refractivity contribution < 1.29 is 19.2 Å². The van der Waals surface area contributed by atoms with E-state index in [4.69, 9.17) is 0 Å². The van der Waals surface area contributed by atoms with Crippen LogP contribution in [-0.4, -0.2) is 69.6 Å². The second-order valence-electron chi connectivity index (χ2n) is 14.7. The second kappa shape index (κ2) is 13.7. The molecule has 4 aliphatic heterocycles. The average Bonchev–Trinajstić information content (AvgIpc) is 3.85. The molecular formula is C40H45N7O4. The van der Waals surface area contributed by atoms with Gasteiger partial charge in [-0.05, 0) is 111 Å². The highest BCUT2D eigenvalue weighted by atomic mass is 16.2. The Hall–Kier alpha value is -4.87. The molecule has 4 N–H and O–H groups in total. The number of nitrogens with zero attached hydrogens (tertiary/aromatic N) is 3. The fourth-order valence-electron chi connectivity index (χ4n) is 9.02. The molecule has 11 nitrogen and oxygen atoms in total. The van der Waals surface area contributed by atoms with Gasteiger partial charge in [-0.25, -0.2) is 4.98 Å². The number of nitrogens with one attached hydrogen (secondary N) is 4. The Morgan fingerprint density at radius 2 is 1.90 bits per heavy atom. The number of carbonyl (C=O) groups is 4. The van der Waals surface area contributed by atoms with E-state index in [1.165, 1.54) is 12.1 Å². The lowest BCUT2D eigenvalue weighted by atomic mass is 9.75. The zero-order valence-electron chi connectivity index (χ0n) is 29.2. The van der Waals surface area contributed by atoms with Crippen molar-refractivity contribution in [2.75, 3.05) is 25.5 Å². The SMILES string of the molecule is CCC(c1cccc(C(=O)Nc2cc3[nH]c([C@H]4CCCN4C)cc3cn2)c1)C1CCNC(c2cccc3c2CN([C@H]2CCC(=O)NC2=O)C3=O)C1. The van der Waals surface area contributed by atoms with E-state index in [0.717, 1.165) is 66.4 Å².